The minimum Gasteiger partial charge on any atom is -0.352 e. The molecule has 1 aromatic carbocycles. The van der Waals surface area contributed by atoms with Crippen molar-refractivity contribution >= 4 is 28.5 Å². The quantitative estimate of drug-likeness (QED) is 0.678. The maximum Gasteiger partial charge on any atom is 0.263 e. The van der Waals surface area contributed by atoms with Gasteiger partial charge in [-0.15, -0.1) is 0 Å². The van der Waals surface area contributed by atoms with Gasteiger partial charge in [0, 0.05) is 25.5 Å². The molecule has 8 nitrogen and oxygen atoms in total. The van der Waals surface area contributed by atoms with Gasteiger partial charge in [-0.25, -0.2) is 4.98 Å². The lowest BCUT2D eigenvalue weighted by Crippen LogP contribution is -2.35. The molecule has 0 bridgehead atoms. The molecule has 1 saturated carbocycles. The van der Waals surface area contributed by atoms with E-state index in [1.165, 1.54) is 16.8 Å². The Kier molecular flexibility index (Phi) is 4.68. The zero-order chi connectivity index (χ0) is 19.7. The van der Waals surface area contributed by atoms with Crippen molar-refractivity contribution < 1.29 is 9.59 Å². The number of aryl methyl sites for hydroxylation is 1. The van der Waals surface area contributed by atoms with Crippen molar-refractivity contribution in [3.05, 3.63) is 58.8 Å². The molecule has 0 unspecified atom stereocenters. The zero-order valence-electron chi connectivity index (χ0n) is 15.5. The molecule has 0 atom stereocenters. The molecular formula is C20H21N5O3. The number of hydrogen-bond donors (Lipinski definition) is 2. The van der Waals surface area contributed by atoms with Gasteiger partial charge in [0.1, 0.15) is 12.1 Å². The lowest BCUT2D eigenvalue weighted by molar-refractivity contribution is -0.116. The fraction of sp³-hybridized carbons (Fsp3) is 0.300. The molecule has 1 aliphatic rings. The second-order valence-corrected chi connectivity index (χ2v) is 7.12. The number of amides is 2. The average Bonchev–Trinajstić information content (AvgIpc) is 3.44. The number of hydrogen-bond acceptors (Lipinski definition) is 4. The molecule has 144 valence electrons. The van der Waals surface area contributed by atoms with Crippen LogP contribution in [0.4, 0.5) is 5.69 Å². The number of rotatable bonds is 6. The third kappa shape index (κ3) is 3.80. The van der Waals surface area contributed by atoms with Crippen LogP contribution >= 0.6 is 0 Å². The Morgan fingerprint density at radius 3 is 2.86 bits per heavy atom. The summed E-state index contributed by atoms with van der Waals surface area (Å²) in [5.74, 6) is -0.218. The molecule has 2 heterocycles. The summed E-state index contributed by atoms with van der Waals surface area (Å²) in [7, 11) is 1.88. The van der Waals surface area contributed by atoms with Crippen molar-refractivity contribution in [2.45, 2.75) is 19.4 Å². The fourth-order valence-corrected chi connectivity index (χ4v) is 3.05. The van der Waals surface area contributed by atoms with E-state index < -0.39 is 11.5 Å². The van der Waals surface area contributed by atoms with Crippen LogP contribution in [0.25, 0.3) is 11.0 Å². The molecule has 0 radical (unpaired) electrons. The minimum absolute atomic E-state index is 0.0484. The lowest BCUT2D eigenvalue weighted by atomic mass is 10.2. The van der Waals surface area contributed by atoms with Gasteiger partial charge in [-0.2, -0.15) is 0 Å². The van der Waals surface area contributed by atoms with Crippen LogP contribution in [0.1, 0.15) is 23.2 Å². The van der Waals surface area contributed by atoms with Gasteiger partial charge in [0.05, 0.1) is 17.4 Å². The van der Waals surface area contributed by atoms with Crippen LogP contribution in [-0.2, 0) is 18.4 Å². The molecule has 3 aromatic rings. The average molecular weight is 379 g/mol. The van der Waals surface area contributed by atoms with E-state index in [0.717, 1.165) is 23.9 Å². The number of aromatic nitrogens is 3. The van der Waals surface area contributed by atoms with Gasteiger partial charge < -0.3 is 19.8 Å². The van der Waals surface area contributed by atoms with Gasteiger partial charge in [-0.05, 0) is 49.1 Å². The van der Waals surface area contributed by atoms with Gasteiger partial charge in [0.25, 0.3) is 11.5 Å². The summed E-state index contributed by atoms with van der Waals surface area (Å²) in [6, 6.07) is 8.49. The van der Waals surface area contributed by atoms with Crippen molar-refractivity contribution in [3.8, 4) is 0 Å². The topological polar surface area (TPSA) is 98.0 Å². The Morgan fingerprint density at radius 2 is 2.07 bits per heavy atom. The number of benzene rings is 1. The molecule has 2 aromatic heterocycles. The molecule has 1 fully saturated rings. The van der Waals surface area contributed by atoms with Crippen molar-refractivity contribution in [2.24, 2.45) is 13.0 Å². The zero-order valence-corrected chi connectivity index (χ0v) is 15.5. The van der Waals surface area contributed by atoms with Crippen LogP contribution in [0.5, 0.6) is 0 Å². The maximum absolute atomic E-state index is 12.6. The van der Waals surface area contributed by atoms with E-state index in [1.807, 2.05) is 23.7 Å². The van der Waals surface area contributed by atoms with E-state index in [9.17, 15) is 14.4 Å². The summed E-state index contributed by atoms with van der Waals surface area (Å²) in [4.78, 5) is 41.4. The van der Waals surface area contributed by atoms with Crippen molar-refractivity contribution in [2.75, 3.05) is 11.9 Å². The molecule has 0 spiro atoms. The first-order valence-corrected chi connectivity index (χ1v) is 9.20. The highest BCUT2D eigenvalue weighted by molar-refractivity contribution is 5.94. The van der Waals surface area contributed by atoms with Gasteiger partial charge in [0.2, 0.25) is 5.91 Å². The molecule has 0 saturated heterocycles. The molecule has 2 amide bonds. The molecule has 4 rings (SSSR count). The van der Waals surface area contributed by atoms with Crippen LogP contribution in [0.3, 0.4) is 0 Å². The van der Waals surface area contributed by atoms with E-state index >= 15 is 0 Å². The molecule has 28 heavy (non-hydrogen) atoms. The molecule has 8 heteroatoms. The summed E-state index contributed by atoms with van der Waals surface area (Å²) in [6.45, 7) is 0.413. The monoisotopic (exact) mass is 379 g/mol. The minimum atomic E-state index is -0.479. The van der Waals surface area contributed by atoms with Gasteiger partial charge >= 0.3 is 0 Å². The van der Waals surface area contributed by atoms with Gasteiger partial charge in [-0.1, -0.05) is 0 Å². The van der Waals surface area contributed by atoms with Crippen molar-refractivity contribution in [1.29, 1.82) is 0 Å². The van der Waals surface area contributed by atoms with Crippen LogP contribution < -0.4 is 16.2 Å². The lowest BCUT2D eigenvalue weighted by Gasteiger charge is -2.10. The first-order valence-electron chi connectivity index (χ1n) is 9.20. The highest BCUT2D eigenvalue weighted by Gasteiger charge is 2.22. The number of nitrogens with zero attached hydrogens (tertiary/aromatic N) is 3. The SMILES string of the molecule is Cn1cnc2ccc(NC(=O)Cn3cccc(C(=O)NCC4CC4)c3=O)cc21. The first kappa shape index (κ1) is 18.0. The van der Waals surface area contributed by atoms with Crippen LogP contribution in [-0.4, -0.2) is 32.5 Å². The first-order chi connectivity index (χ1) is 13.5. The number of fused-ring (bicyclic) bond motifs is 1. The van der Waals surface area contributed by atoms with Crippen molar-refractivity contribution in [3.63, 3.8) is 0 Å². The van der Waals surface area contributed by atoms with E-state index in [0.29, 0.717) is 18.2 Å². The smallest absolute Gasteiger partial charge is 0.263 e. The second kappa shape index (κ2) is 7.30. The van der Waals surface area contributed by atoms with Crippen LogP contribution in [0.2, 0.25) is 0 Å². The number of imidazole rings is 1. The number of pyridine rings is 1. The van der Waals surface area contributed by atoms with E-state index in [2.05, 4.69) is 15.6 Å². The predicted octanol–water partition coefficient (Wildman–Crippen LogP) is 1.51. The number of anilines is 1. The molecule has 2 N–H and O–H groups in total. The normalized spacial score (nSPS) is 13.5. The fourth-order valence-electron chi connectivity index (χ4n) is 3.05. The molecule has 1 aliphatic carbocycles. The second-order valence-electron chi connectivity index (χ2n) is 7.12. The van der Waals surface area contributed by atoms with Crippen molar-refractivity contribution in [1.82, 2.24) is 19.4 Å². The Hall–Kier alpha value is -3.42. The van der Waals surface area contributed by atoms with Crippen LogP contribution in [0.15, 0.2) is 47.7 Å². The summed E-state index contributed by atoms with van der Waals surface area (Å²) >= 11 is 0. The van der Waals surface area contributed by atoms with Gasteiger partial charge in [-0.3, -0.25) is 14.4 Å². The number of carbonyl (C=O) groups is 2. The highest BCUT2D eigenvalue weighted by atomic mass is 16.2. The van der Waals surface area contributed by atoms with E-state index in [1.54, 1.807) is 18.5 Å². The Bertz CT molecular complexity index is 1110. The summed E-state index contributed by atoms with van der Waals surface area (Å²) in [6.07, 6.45) is 5.44. The largest absolute Gasteiger partial charge is 0.352 e. The molecule has 0 aliphatic heterocycles. The third-order valence-corrected chi connectivity index (χ3v) is 4.84. The maximum atomic E-state index is 12.6. The standard InChI is InChI=1S/C20H21N5O3/c1-24-12-22-16-7-6-14(9-17(16)24)23-18(26)11-25-8-2-3-15(20(25)28)19(27)21-10-13-4-5-13/h2-3,6-9,12-13H,4-5,10-11H2,1H3,(H,21,27)(H,23,26). The Labute approximate surface area is 161 Å². The van der Waals surface area contributed by atoms with Crippen LogP contribution in [0, 0.1) is 5.92 Å². The van der Waals surface area contributed by atoms with E-state index in [-0.39, 0.29) is 18.0 Å². The Balaban J connectivity index is 1.45. The van der Waals surface area contributed by atoms with Gasteiger partial charge in [0.15, 0.2) is 0 Å². The third-order valence-electron chi connectivity index (χ3n) is 4.84. The summed E-state index contributed by atoms with van der Waals surface area (Å²) in [5, 5.41) is 5.56. The Morgan fingerprint density at radius 1 is 1.25 bits per heavy atom. The predicted molar refractivity (Wildman–Crippen MR) is 105 cm³/mol. The highest BCUT2D eigenvalue weighted by Crippen LogP contribution is 2.27. The van der Waals surface area contributed by atoms with E-state index in [4.69, 9.17) is 0 Å². The number of carbonyl (C=O) groups excluding carboxylic acids is 2. The number of nitrogens with one attached hydrogen (secondary N) is 2. The summed E-state index contributed by atoms with van der Waals surface area (Å²) < 4.78 is 3.10. The molecular weight excluding hydrogens is 358 g/mol. The summed E-state index contributed by atoms with van der Waals surface area (Å²) in [5.41, 5.74) is 1.92.